The summed E-state index contributed by atoms with van der Waals surface area (Å²) in [5.74, 6) is 0. The quantitative estimate of drug-likeness (QED) is 0.377. The first-order chi connectivity index (χ1) is 12.5. The molecule has 2 aromatic carbocycles. The molecule has 0 atom stereocenters. The minimum Gasteiger partial charge on any atom is -0.318 e. The van der Waals surface area contributed by atoms with Gasteiger partial charge < -0.3 is 4.57 Å². The molecule has 3 rings (SSSR count). The summed E-state index contributed by atoms with van der Waals surface area (Å²) in [6.07, 6.45) is 1.85. The standard InChI is InChI=1S/C21H17N3O2/c1-15-11-18(12-19(14-22)17-7-4-3-5-8-17)16(2)23(15)20-9-6-10-21(13-20)24(25)26/h3-13H,1-2H3. The molecule has 1 aromatic heterocycles. The summed E-state index contributed by atoms with van der Waals surface area (Å²) in [6.45, 7) is 3.88. The third-order valence-electron chi connectivity index (χ3n) is 4.27. The van der Waals surface area contributed by atoms with Gasteiger partial charge in [-0.05, 0) is 43.2 Å². The Morgan fingerprint density at radius 3 is 2.50 bits per heavy atom. The lowest BCUT2D eigenvalue weighted by molar-refractivity contribution is -0.384. The molecule has 3 aromatic rings. The van der Waals surface area contributed by atoms with Crippen LogP contribution in [0.1, 0.15) is 22.5 Å². The van der Waals surface area contributed by atoms with Crippen LogP contribution in [0, 0.1) is 35.3 Å². The smallest absolute Gasteiger partial charge is 0.271 e. The minimum absolute atomic E-state index is 0.0501. The van der Waals surface area contributed by atoms with Crippen molar-refractivity contribution in [2.24, 2.45) is 0 Å². The van der Waals surface area contributed by atoms with Crippen LogP contribution in [-0.4, -0.2) is 9.49 Å². The number of nitro benzene ring substituents is 1. The third-order valence-corrected chi connectivity index (χ3v) is 4.27. The molecule has 0 amide bonds. The molecule has 0 bridgehead atoms. The molecule has 128 valence electrons. The summed E-state index contributed by atoms with van der Waals surface area (Å²) < 4.78 is 1.96. The van der Waals surface area contributed by atoms with Crippen LogP contribution in [0.2, 0.25) is 0 Å². The van der Waals surface area contributed by atoms with Crippen LogP contribution < -0.4 is 0 Å². The highest BCUT2D eigenvalue weighted by Crippen LogP contribution is 2.26. The van der Waals surface area contributed by atoms with E-state index < -0.39 is 4.92 Å². The van der Waals surface area contributed by atoms with Crippen molar-refractivity contribution in [3.8, 4) is 11.8 Å². The average molecular weight is 343 g/mol. The SMILES string of the molecule is Cc1cc(C=C(C#N)c2ccccc2)c(C)n1-c1cccc([N+](=O)[O-])c1. The van der Waals surface area contributed by atoms with E-state index in [9.17, 15) is 15.4 Å². The van der Waals surface area contributed by atoms with Gasteiger partial charge >= 0.3 is 0 Å². The highest BCUT2D eigenvalue weighted by atomic mass is 16.6. The number of hydrogen-bond donors (Lipinski definition) is 0. The molecule has 5 nitrogen and oxygen atoms in total. The molecule has 5 heteroatoms. The van der Waals surface area contributed by atoms with Crippen molar-refractivity contribution in [2.45, 2.75) is 13.8 Å². The summed E-state index contributed by atoms with van der Waals surface area (Å²) in [6, 6.07) is 20.3. The first-order valence-electron chi connectivity index (χ1n) is 8.12. The topological polar surface area (TPSA) is 71.9 Å². The average Bonchev–Trinajstić information content (AvgIpc) is 2.93. The molecule has 0 saturated carbocycles. The zero-order chi connectivity index (χ0) is 18.7. The van der Waals surface area contributed by atoms with Crippen molar-refractivity contribution >= 4 is 17.3 Å². The number of non-ortho nitro benzene ring substituents is 1. The highest BCUT2D eigenvalue weighted by molar-refractivity contribution is 5.90. The Morgan fingerprint density at radius 2 is 1.85 bits per heavy atom. The largest absolute Gasteiger partial charge is 0.318 e. The number of allylic oxidation sites excluding steroid dienone is 1. The Bertz CT molecular complexity index is 1040. The molecule has 0 unspecified atom stereocenters. The first-order valence-corrected chi connectivity index (χ1v) is 8.12. The summed E-state index contributed by atoms with van der Waals surface area (Å²) in [7, 11) is 0. The highest BCUT2D eigenvalue weighted by Gasteiger charge is 2.13. The molecule has 0 aliphatic carbocycles. The van der Waals surface area contributed by atoms with E-state index in [1.807, 2.05) is 67.0 Å². The van der Waals surface area contributed by atoms with Crippen LogP contribution in [0.25, 0.3) is 17.3 Å². The van der Waals surface area contributed by atoms with Gasteiger partial charge in [0, 0.05) is 23.5 Å². The lowest BCUT2D eigenvalue weighted by atomic mass is 10.0. The van der Waals surface area contributed by atoms with Crippen molar-refractivity contribution < 1.29 is 4.92 Å². The Balaban J connectivity index is 2.09. The van der Waals surface area contributed by atoms with Crippen molar-refractivity contribution in [1.29, 1.82) is 5.26 Å². The number of benzene rings is 2. The van der Waals surface area contributed by atoms with Gasteiger partial charge in [-0.2, -0.15) is 5.26 Å². The van der Waals surface area contributed by atoms with Crippen molar-refractivity contribution in [2.75, 3.05) is 0 Å². The first kappa shape index (κ1) is 17.2. The van der Waals surface area contributed by atoms with Gasteiger partial charge in [-0.15, -0.1) is 0 Å². The minimum atomic E-state index is -0.401. The van der Waals surface area contributed by atoms with Crippen LogP contribution in [0.5, 0.6) is 0 Å². The molecule has 0 spiro atoms. The van der Waals surface area contributed by atoms with Crippen molar-refractivity contribution in [1.82, 2.24) is 4.57 Å². The van der Waals surface area contributed by atoms with Crippen LogP contribution in [0.3, 0.4) is 0 Å². The fourth-order valence-electron chi connectivity index (χ4n) is 3.03. The second-order valence-corrected chi connectivity index (χ2v) is 5.97. The molecule has 0 fully saturated rings. The van der Waals surface area contributed by atoms with Gasteiger partial charge in [0.25, 0.3) is 5.69 Å². The number of aryl methyl sites for hydroxylation is 1. The molecule has 26 heavy (non-hydrogen) atoms. The van der Waals surface area contributed by atoms with Gasteiger partial charge in [-0.25, -0.2) is 0 Å². The van der Waals surface area contributed by atoms with Crippen LogP contribution in [0.15, 0.2) is 60.7 Å². The summed E-state index contributed by atoms with van der Waals surface area (Å²) in [5.41, 5.74) is 4.99. The summed E-state index contributed by atoms with van der Waals surface area (Å²) in [4.78, 5) is 10.7. The molecule has 0 aliphatic rings. The van der Waals surface area contributed by atoms with E-state index in [4.69, 9.17) is 0 Å². The molecule has 0 aliphatic heterocycles. The zero-order valence-electron chi connectivity index (χ0n) is 14.5. The van der Waals surface area contributed by atoms with Gasteiger partial charge in [0.2, 0.25) is 0 Å². The van der Waals surface area contributed by atoms with E-state index in [0.717, 1.165) is 28.2 Å². The number of nitrogens with zero attached hydrogens (tertiary/aromatic N) is 3. The number of nitro groups is 1. The van der Waals surface area contributed by atoms with E-state index in [2.05, 4.69) is 6.07 Å². The van der Waals surface area contributed by atoms with E-state index in [-0.39, 0.29) is 5.69 Å². The molecule has 1 heterocycles. The van der Waals surface area contributed by atoms with Gasteiger partial charge in [0.1, 0.15) is 0 Å². The summed E-state index contributed by atoms with van der Waals surface area (Å²) >= 11 is 0. The molecule has 0 N–H and O–H groups in total. The maximum atomic E-state index is 11.1. The predicted octanol–water partition coefficient (Wildman–Crippen LogP) is 5.07. The van der Waals surface area contributed by atoms with Gasteiger partial charge in [0.05, 0.1) is 22.3 Å². The molecule has 0 radical (unpaired) electrons. The maximum absolute atomic E-state index is 11.1. The van der Waals surface area contributed by atoms with Gasteiger partial charge in [-0.1, -0.05) is 36.4 Å². The Labute approximate surface area is 151 Å². The second kappa shape index (κ2) is 7.08. The normalized spacial score (nSPS) is 11.2. The molecular weight excluding hydrogens is 326 g/mol. The number of aromatic nitrogens is 1. The van der Waals surface area contributed by atoms with E-state index in [0.29, 0.717) is 5.57 Å². The lowest BCUT2D eigenvalue weighted by Gasteiger charge is -2.09. The second-order valence-electron chi connectivity index (χ2n) is 5.97. The van der Waals surface area contributed by atoms with Crippen LogP contribution in [-0.2, 0) is 0 Å². The number of nitriles is 1. The Hall–Kier alpha value is -3.65. The van der Waals surface area contributed by atoms with Crippen LogP contribution in [0.4, 0.5) is 5.69 Å². The third kappa shape index (κ3) is 3.26. The predicted molar refractivity (Wildman–Crippen MR) is 102 cm³/mol. The zero-order valence-corrected chi connectivity index (χ0v) is 14.5. The van der Waals surface area contributed by atoms with Gasteiger partial charge in [0.15, 0.2) is 0 Å². The van der Waals surface area contributed by atoms with Gasteiger partial charge in [-0.3, -0.25) is 10.1 Å². The number of rotatable bonds is 4. The fourth-order valence-corrected chi connectivity index (χ4v) is 3.03. The fraction of sp³-hybridized carbons (Fsp3) is 0.0952. The molecular formula is C21H17N3O2. The molecule has 0 saturated heterocycles. The summed E-state index contributed by atoms with van der Waals surface area (Å²) in [5, 5.41) is 20.6. The lowest BCUT2D eigenvalue weighted by Crippen LogP contribution is -2.00. The number of hydrogen-bond acceptors (Lipinski definition) is 3. The van der Waals surface area contributed by atoms with E-state index in [1.54, 1.807) is 12.1 Å². The van der Waals surface area contributed by atoms with E-state index >= 15 is 0 Å². The Morgan fingerprint density at radius 1 is 1.12 bits per heavy atom. The maximum Gasteiger partial charge on any atom is 0.271 e. The Kier molecular flexibility index (Phi) is 4.68. The van der Waals surface area contributed by atoms with Crippen LogP contribution >= 0.6 is 0 Å². The van der Waals surface area contributed by atoms with E-state index in [1.165, 1.54) is 6.07 Å². The van der Waals surface area contributed by atoms with Crippen molar-refractivity contribution in [3.63, 3.8) is 0 Å². The van der Waals surface area contributed by atoms with Crippen molar-refractivity contribution in [3.05, 3.63) is 93.3 Å². The monoisotopic (exact) mass is 343 g/mol.